The zero-order valence-electron chi connectivity index (χ0n) is 21.2. The summed E-state index contributed by atoms with van der Waals surface area (Å²) < 4.78 is 15.7. The molecule has 0 aliphatic carbocycles. The zero-order valence-corrected chi connectivity index (χ0v) is 21.2. The molecule has 0 bridgehead atoms. The van der Waals surface area contributed by atoms with Crippen molar-refractivity contribution in [1.82, 2.24) is 19.4 Å². The fraction of sp³-hybridized carbons (Fsp3) is 0.333. The van der Waals surface area contributed by atoms with E-state index in [9.17, 15) is 9.18 Å². The van der Waals surface area contributed by atoms with Gasteiger partial charge in [-0.2, -0.15) is 0 Å². The molecule has 5 rings (SSSR count). The summed E-state index contributed by atoms with van der Waals surface area (Å²) in [4.78, 5) is 23.6. The van der Waals surface area contributed by atoms with Gasteiger partial charge in [0.15, 0.2) is 0 Å². The summed E-state index contributed by atoms with van der Waals surface area (Å²) in [5, 5.41) is 0. The molecular weight excluding hydrogens is 451 g/mol. The van der Waals surface area contributed by atoms with Crippen LogP contribution < -0.4 is 0 Å². The number of aryl methyl sites for hydroxylation is 2. The lowest BCUT2D eigenvalue weighted by molar-refractivity contribution is -0.135. The summed E-state index contributed by atoms with van der Waals surface area (Å²) in [5.41, 5.74) is 6.05. The average molecular weight is 485 g/mol. The number of likely N-dealkylation sites (N-methyl/N-ethyl adjacent to an activating group) is 1. The maximum Gasteiger partial charge on any atom is 0.250 e. The third-order valence-electron chi connectivity index (χ3n) is 7.39. The van der Waals surface area contributed by atoms with Gasteiger partial charge in [-0.1, -0.05) is 49.4 Å². The number of hydrogen-bond donors (Lipinski definition) is 0. The molecule has 36 heavy (non-hydrogen) atoms. The fourth-order valence-electron chi connectivity index (χ4n) is 5.09. The highest BCUT2D eigenvalue weighted by Crippen LogP contribution is 2.31. The molecule has 0 unspecified atom stereocenters. The Labute approximate surface area is 212 Å². The Morgan fingerprint density at radius 2 is 1.61 bits per heavy atom. The van der Waals surface area contributed by atoms with Crippen LogP contribution in [0.3, 0.4) is 0 Å². The molecule has 0 saturated carbocycles. The normalized spacial score (nSPS) is 15.4. The van der Waals surface area contributed by atoms with Gasteiger partial charge in [0.2, 0.25) is 5.91 Å². The molecule has 1 aromatic heterocycles. The minimum absolute atomic E-state index is 0.0924. The number of nitrogens with zero attached hydrogens (tertiary/aromatic N) is 4. The predicted molar refractivity (Wildman–Crippen MR) is 142 cm³/mol. The molecule has 1 atom stereocenters. The number of halogens is 1. The van der Waals surface area contributed by atoms with E-state index in [1.165, 1.54) is 17.7 Å². The second-order valence-corrected chi connectivity index (χ2v) is 9.70. The summed E-state index contributed by atoms with van der Waals surface area (Å²) in [7, 11) is 0. The van der Waals surface area contributed by atoms with Gasteiger partial charge in [0.25, 0.3) is 0 Å². The van der Waals surface area contributed by atoms with Crippen LogP contribution in [0, 0.1) is 19.7 Å². The number of benzene rings is 3. The number of fused-ring (bicyclic) bond motifs is 1. The van der Waals surface area contributed by atoms with Crippen LogP contribution in [-0.4, -0.2) is 58.0 Å². The van der Waals surface area contributed by atoms with Gasteiger partial charge in [-0.05, 0) is 66.9 Å². The molecule has 0 radical (unpaired) electrons. The molecule has 4 aromatic rings. The highest BCUT2D eigenvalue weighted by Gasteiger charge is 2.32. The van der Waals surface area contributed by atoms with Crippen molar-refractivity contribution in [2.24, 2.45) is 0 Å². The average Bonchev–Trinajstić information content (AvgIpc) is 3.22. The Balaban J connectivity index is 1.65. The van der Waals surface area contributed by atoms with E-state index in [2.05, 4.69) is 42.4 Å². The lowest BCUT2D eigenvalue weighted by Crippen LogP contribution is -2.50. The Morgan fingerprint density at radius 3 is 2.28 bits per heavy atom. The molecule has 2 heterocycles. The van der Waals surface area contributed by atoms with E-state index in [1.54, 1.807) is 12.1 Å². The molecule has 186 valence electrons. The molecule has 1 saturated heterocycles. The van der Waals surface area contributed by atoms with Crippen molar-refractivity contribution in [2.45, 2.75) is 33.2 Å². The lowest BCUT2D eigenvalue weighted by atomic mass is 10.0. The van der Waals surface area contributed by atoms with Crippen molar-refractivity contribution in [2.75, 3.05) is 32.7 Å². The summed E-state index contributed by atoms with van der Waals surface area (Å²) in [6, 6.07) is 20.2. The second kappa shape index (κ2) is 10.2. The maximum absolute atomic E-state index is 14.2. The SMILES string of the molecule is CCN1CCN(C(=O)[C@H](c2ccccc2)n2c(Cc3ccc(F)cc3)nc3cc(C)c(C)cc32)CC1. The van der Waals surface area contributed by atoms with E-state index in [0.717, 1.165) is 53.2 Å². The van der Waals surface area contributed by atoms with Gasteiger partial charge in [-0.15, -0.1) is 0 Å². The maximum atomic E-state index is 14.2. The summed E-state index contributed by atoms with van der Waals surface area (Å²) in [6.45, 7) is 10.5. The van der Waals surface area contributed by atoms with Gasteiger partial charge >= 0.3 is 0 Å². The first-order chi connectivity index (χ1) is 17.4. The topological polar surface area (TPSA) is 41.4 Å². The molecule has 0 spiro atoms. The van der Waals surface area contributed by atoms with Gasteiger partial charge in [-0.25, -0.2) is 9.37 Å². The number of piperazine rings is 1. The van der Waals surface area contributed by atoms with Crippen LogP contribution >= 0.6 is 0 Å². The molecule has 6 heteroatoms. The minimum Gasteiger partial charge on any atom is -0.338 e. The Kier molecular flexibility index (Phi) is 6.88. The number of imidazole rings is 1. The number of aromatic nitrogens is 2. The third-order valence-corrected chi connectivity index (χ3v) is 7.39. The van der Waals surface area contributed by atoms with Gasteiger partial charge in [0.05, 0.1) is 11.0 Å². The second-order valence-electron chi connectivity index (χ2n) is 9.70. The molecule has 5 nitrogen and oxygen atoms in total. The van der Waals surface area contributed by atoms with Crippen molar-refractivity contribution in [3.8, 4) is 0 Å². The number of amides is 1. The Morgan fingerprint density at radius 1 is 0.944 bits per heavy atom. The quantitative estimate of drug-likeness (QED) is 0.381. The van der Waals surface area contributed by atoms with Crippen molar-refractivity contribution in [1.29, 1.82) is 0 Å². The Hall–Kier alpha value is -3.51. The van der Waals surface area contributed by atoms with Gasteiger partial charge in [0.1, 0.15) is 17.7 Å². The van der Waals surface area contributed by atoms with Crippen LogP contribution in [-0.2, 0) is 11.2 Å². The highest BCUT2D eigenvalue weighted by atomic mass is 19.1. The van der Waals surface area contributed by atoms with Crippen LogP contribution in [0.25, 0.3) is 11.0 Å². The lowest BCUT2D eigenvalue weighted by Gasteiger charge is -2.36. The largest absolute Gasteiger partial charge is 0.338 e. The molecule has 1 aliphatic heterocycles. The standard InChI is InChI=1S/C30H33FN4O/c1-4-33-14-16-34(17-15-33)30(36)29(24-8-6-5-7-9-24)35-27-19-22(3)21(2)18-26(27)32-28(35)20-23-10-12-25(31)13-11-23/h5-13,18-19,29H,4,14-17,20H2,1-3H3/t29-/m0/s1. The van der Waals surface area contributed by atoms with Crippen LogP contribution in [0.5, 0.6) is 0 Å². The van der Waals surface area contributed by atoms with Crippen molar-refractivity contribution in [3.05, 3.63) is 101 Å². The number of rotatable bonds is 6. The number of hydrogen-bond acceptors (Lipinski definition) is 3. The molecule has 0 N–H and O–H groups in total. The molecular formula is C30H33FN4O. The molecule has 3 aromatic carbocycles. The van der Waals surface area contributed by atoms with Crippen molar-refractivity contribution < 1.29 is 9.18 Å². The van der Waals surface area contributed by atoms with Crippen LogP contribution in [0.15, 0.2) is 66.7 Å². The van der Waals surface area contributed by atoms with E-state index in [-0.39, 0.29) is 11.7 Å². The first-order valence-electron chi connectivity index (χ1n) is 12.7. The fourth-order valence-corrected chi connectivity index (χ4v) is 5.09. The monoisotopic (exact) mass is 484 g/mol. The molecule has 1 fully saturated rings. The van der Waals surface area contributed by atoms with Crippen molar-refractivity contribution in [3.63, 3.8) is 0 Å². The summed E-state index contributed by atoms with van der Waals surface area (Å²) in [5.74, 6) is 0.632. The number of carbonyl (C=O) groups excluding carboxylic acids is 1. The molecule has 1 amide bonds. The summed E-state index contributed by atoms with van der Waals surface area (Å²) >= 11 is 0. The van der Waals surface area contributed by atoms with Crippen molar-refractivity contribution >= 4 is 16.9 Å². The first-order valence-corrected chi connectivity index (χ1v) is 12.7. The highest BCUT2D eigenvalue weighted by molar-refractivity contribution is 5.87. The van der Waals surface area contributed by atoms with E-state index in [4.69, 9.17) is 4.98 Å². The minimum atomic E-state index is -0.526. The van der Waals surface area contributed by atoms with E-state index >= 15 is 0 Å². The van der Waals surface area contributed by atoms with Gasteiger partial charge in [-0.3, -0.25) is 4.79 Å². The van der Waals surface area contributed by atoms with Gasteiger partial charge < -0.3 is 14.4 Å². The Bertz CT molecular complexity index is 1360. The predicted octanol–water partition coefficient (Wildman–Crippen LogP) is 5.14. The third kappa shape index (κ3) is 4.78. The van der Waals surface area contributed by atoms with Crippen LogP contribution in [0.2, 0.25) is 0 Å². The van der Waals surface area contributed by atoms with E-state index in [0.29, 0.717) is 19.5 Å². The number of carbonyl (C=O) groups is 1. The van der Waals surface area contributed by atoms with E-state index < -0.39 is 6.04 Å². The first kappa shape index (κ1) is 24.2. The van der Waals surface area contributed by atoms with Crippen LogP contribution in [0.1, 0.15) is 41.0 Å². The zero-order chi connectivity index (χ0) is 25.2. The van der Waals surface area contributed by atoms with Crippen LogP contribution in [0.4, 0.5) is 4.39 Å². The summed E-state index contributed by atoms with van der Waals surface area (Å²) in [6.07, 6.45) is 0.507. The molecule has 1 aliphatic rings. The smallest absolute Gasteiger partial charge is 0.250 e. The van der Waals surface area contributed by atoms with E-state index in [1.807, 2.05) is 35.2 Å². The van der Waals surface area contributed by atoms with Gasteiger partial charge in [0, 0.05) is 32.6 Å².